The van der Waals surface area contributed by atoms with Crippen molar-refractivity contribution in [1.29, 1.82) is 0 Å². The zero-order chi connectivity index (χ0) is 18.7. The monoisotopic (exact) mass is 366 g/mol. The summed E-state index contributed by atoms with van der Waals surface area (Å²) < 4.78 is 0. The zero-order valence-electron chi connectivity index (χ0n) is 14.5. The quantitative estimate of drug-likeness (QED) is 0.372. The summed E-state index contributed by atoms with van der Waals surface area (Å²) in [5.41, 5.74) is 1.31. The fraction of sp³-hybridized carbons (Fsp3) is 0.150. The molecule has 0 aliphatic heterocycles. The number of nitro benzene ring substituents is 1. The van der Waals surface area contributed by atoms with Crippen LogP contribution >= 0.6 is 11.8 Å². The van der Waals surface area contributed by atoms with E-state index < -0.39 is 4.92 Å². The molecule has 132 valence electrons. The lowest BCUT2D eigenvalue weighted by atomic mass is 10.0. The number of carbonyl (C=O) groups is 1. The summed E-state index contributed by atoms with van der Waals surface area (Å²) in [6.45, 7) is 0.429. The smallest absolute Gasteiger partial charge is 0.283 e. The molecular formula is C20H18N2O3S. The average Bonchev–Trinajstić information content (AvgIpc) is 2.67. The minimum atomic E-state index is -0.451. The number of benzene rings is 3. The fourth-order valence-electron chi connectivity index (χ4n) is 2.94. The molecule has 3 aromatic rings. The van der Waals surface area contributed by atoms with Gasteiger partial charge in [0.05, 0.1) is 9.82 Å². The van der Waals surface area contributed by atoms with Crippen LogP contribution in [-0.2, 0) is 6.54 Å². The Morgan fingerprint density at radius 3 is 2.58 bits per heavy atom. The van der Waals surface area contributed by atoms with E-state index in [9.17, 15) is 14.9 Å². The van der Waals surface area contributed by atoms with Gasteiger partial charge in [-0.3, -0.25) is 14.9 Å². The Kier molecular flexibility index (Phi) is 5.23. The van der Waals surface area contributed by atoms with Crippen LogP contribution in [0.25, 0.3) is 10.8 Å². The van der Waals surface area contributed by atoms with E-state index in [2.05, 4.69) is 0 Å². The van der Waals surface area contributed by atoms with Gasteiger partial charge < -0.3 is 4.90 Å². The van der Waals surface area contributed by atoms with Crippen LogP contribution in [0.1, 0.15) is 15.9 Å². The second-order valence-electron chi connectivity index (χ2n) is 5.94. The number of amides is 1. The van der Waals surface area contributed by atoms with E-state index in [1.165, 1.54) is 17.8 Å². The van der Waals surface area contributed by atoms with Crippen molar-refractivity contribution in [3.63, 3.8) is 0 Å². The van der Waals surface area contributed by atoms with Crippen molar-refractivity contribution in [2.24, 2.45) is 0 Å². The van der Waals surface area contributed by atoms with Crippen molar-refractivity contribution in [3.05, 3.63) is 81.9 Å². The summed E-state index contributed by atoms with van der Waals surface area (Å²) >= 11 is 1.29. The molecule has 0 atom stereocenters. The van der Waals surface area contributed by atoms with Crippen molar-refractivity contribution in [2.75, 3.05) is 13.3 Å². The summed E-state index contributed by atoms with van der Waals surface area (Å²) in [6.07, 6.45) is 1.77. The third-order valence-electron chi connectivity index (χ3n) is 4.26. The largest absolute Gasteiger partial charge is 0.337 e. The highest BCUT2D eigenvalue weighted by molar-refractivity contribution is 7.98. The van der Waals surface area contributed by atoms with Gasteiger partial charge in [-0.05, 0) is 34.7 Å². The Labute approximate surface area is 155 Å². The maximum Gasteiger partial charge on any atom is 0.283 e. The van der Waals surface area contributed by atoms with Gasteiger partial charge >= 0.3 is 0 Å². The summed E-state index contributed by atoms with van der Waals surface area (Å²) in [7, 11) is 1.71. The highest BCUT2D eigenvalue weighted by Gasteiger charge is 2.19. The Morgan fingerprint density at radius 1 is 1.12 bits per heavy atom. The number of nitro groups is 1. The molecule has 6 heteroatoms. The third-order valence-corrected chi connectivity index (χ3v) is 5.04. The molecule has 0 bridgehead atoms. The van der Waals surface area contributed by atoms with Crippen molar-refractivity contribution < 1.29 is 9.72 Å². The van der Waals surface area contributed by atoms with Gasteiger partial charge in [0.1, 0.15) is 0 Å². The van der Waals surface area contributed by atoms with Crippen molar-refractivity contribution in [3.8, 4) is 0 Å². The van der Waals surface area contributed by atoms with E-state index in [0.717, 1.165) is 16.3 Å². The molecule has 0 saturated carbocycles. The number of carbonyl (C=O) groups excluding carboxylic acids is 1. The number of hydrogen-bond donors (Lipinski definition) is 0. The van der Waals surface area contributed by atoms with Gasteiger partial charge in [-0.25, -0.2) is 0 Å². The second kappa shape index (κ2) is 7.58. The lowest BCUT2D eigenvalue weighted by molar-refractivity contribution is -0.387. The first-order valence-corrected chi connectivity index (χ1v) is 9.28. The SMILES string of the molecule is CSc1ccc(C(=O)N(C)Cc2cccc3ccccc23)cc1[N+](=O)[O-]. The van der Waals surface area contributed by atoms with E-state index in [4.69, 9.17) is 0 Å². The van der Waals surface area contributed by atoms with Gasteiger partial charge in [-0.1, -0.05) is 42.5 Å². The number of thioether (sulfide) groups is 1. The Hall–Kier alpha value is -2.86. The van der Waals surface area contributed by atoms with Crippen LogP contribution in [-0.4, -0.2) is 29.0 Å². The van der Waals surface area contributed by atoms with Gasteiger partial charge in [0.2, 0.25) is 0 Å². The van der Waals surface area contributed by atoms with Crippen LogP contribution < -0.4 is 0 Å². The fourth-order valence-corrected chi connectivity index (χ4v) is 3.49. The molecule has 0 unspecified atom stereocenters. The van der Waals surface area contributed by atoms with Crippen LogP contribution in [0.5, 0.6) is 0 Å². The van der Waals surface area contributed by atoms with E-state index in [0.29, 0.717) is 17.0 Å². The molecule has 3 rings (SSSR count). The molecule has 0 heterocycles. The second-order valence-corrected chi connectivity index (χ2v) is 6.79. The maximum atomic E-state index is 12.8. The molecule has 0 aliphatic rings. The highest BCUT2D eigenvalue weighted by Crippen LogP contribution is 2.29. The molecule has 5 nitrogen and oxygen atoms in total. The molecule has 26 heavy (non-hydrogen) atoms. The van der Waals surface area contributed by atoms with Gasteiger partial charge in [-0.15, -0.1) is 11.8 Å². The summed E-state index contributed by atoms with van der Waals surface area (Å²) in [5.74, 6) is -0.242. The Morgan fingerprint density at radius 2 is 1.85 bits per heavy atom. The predicted octanol–water partition coefficient (Wildman–Crippen LogP) is 4.74. The van der Waals surface area contributed by atoms with Crippen LogP contribution in [0.4, 0.5) is 5.69 Å². The third kappa shape index (κ3) is 3.55. The normalized spacial score (nSPS) is 10.7. The van der Waals surface area contributed by atoms with Gasteiger partial charge in [-0.2, -0.15) is 0 Å². The number of rotatable bonds is 5. The first-order chi connectivity index (χ1) is 12.5. The standard InChI is InChI=1S/C20H18N2O3S/c1-21(13-16-8-5-7-14-6-3-4-9-17(14)16)20(23)15-10-11-19(26-2)18(12-15)22(24)25/h3-12H,13H2,1-2H3. The predicted molar refractivity (Wildman–Crippen MR) is 105 cm³/mol. The van der Waals surface area contributed by atoms with Crippen LogP contribution in [0.3, 0.4) is 0 Å². The highest BCUT2D eigenvalue weighted by atomic mass is 32.2. The molecule has 0 N–H and O–H groups in total. The van der Waals surface area contributed by atoms with Crippen LogP contribution in [0.2, 0.25) is 0 Å². The van der Waals surface area contributed by atoms with Gasteiger partial charge in [0, 0.05) is 25.2 Å². The van der Waals surface area contributed by atoms with Crippen molar-refractivity contribution in [1.82, 2.24) is 4.90 Å². The minimum absolute atomic E-state index is 0.0399. The minimum Gasteiger partial charge on any atom is -0.337 e. The van der Waals surface area contributed by atoms with E-state index >= 15 is 0 Å². The van der Waals surface area contributed by atoms with Crippen LogP contribution in [0, 0.1) is 10.1 Å². The first kappa shape index (κ1) is 17.9. The molecule has 1 amide bonds. The van der Waals surface area contributed by atoms with Crippen molar-refractivity contribution in [2.45, 2.75) is 11.4 Å². The van der Waals surface area contributed by atoms with Gasteiger partial charge in [0.25, 0.3) is 11.6 Å². The van der Waals surface area contributed by atoms with Gasteiger partial charge in [0.15, 0.2) is 0 Å². The molecule has 0 fully saturated rings. The lowest BCUT2D eigenvalue weighted by Gasteiger charge is -2.18. The van der Waals surface area contributed by atoms with Crippen molar-refractivity contribution >= 4 is 34.1 Å². The summed E-state index contributed by atoms with van der Waals surface area (Å²) in [4.78, 5) is 25.7. The van der Waals surface area contributed by atoms with E-state index in [1.54, 1.807) is 30.3 Å². The molecule has 0 radical (unpaired) electrons. The van der Waals surface area contributed by atoms with Crippen LogP contribution in [0.15, 0.2) is 65.6 Å². The topological polar surface area (TPSA) is 63.5 Å². The molecule has 3 aromatic carbocycles. The molecule has 0 aliphatic carbocycles. The maximum absolute atomic E-state index is 12.8. The Bertz CT molecular complexity index is 982. The first-order valence-electron chi connectivity index (χ1n) is 8.06. The molecule has 0 saturated heterocycles. The summed E-state index contributed by atoms with van der Waals surface area (Å²) in [5, 5.41) is 13.4. The number of fused-ring (bicyclic) bond motifs is 1. The lowest BCUT2D eigenvalue weighted by Crippen LogP contribution is -2.26. The summed E-state index contributed by atoms with van der Waals surface area (Å²) in [6, 6.07) is 18.6. The van der Waals surface area contributed by atoms with E-state index in [-0.39, 0.29) is 11.6 Å². The van der Waals surface area contributed by atoms with E-state index in [1.807, 2.05) is 42.5 Å². The molecule has 0 spiro atoms. The number of hydrogen-bond acceptors (Lipinski definition) is 4. The Balaban J connectivity index is 1.88. The number of nitrogens with zero attached hydrogens (tertiary/aromatic N) is 2. The molecule has 0 aromatic heterocycles. The average molecular weight is 366 g/mol. The zero-order valence-corrected chi connectivity index (χ0v) is 15.3. The molecular weight excluding hydrogens is 348 g/mol.